The molecule has 0 spiro atoms. The molecule has 0 aliphatic rings. The van der Waals surface area contributed by atoms with Crippen molar-refractivity contribution in [2.45, 2.75) is 32.7 Å². The highest BCUT2D eigenvalue weighted by molar-refractivity contribution is 5.90. The van der Waals surface area contributed by atoms with Crippen molar-refractivity contribution in [2.24, 2.45) is 0 Å². The summed E-state index contributed by atoms with van der Waals surface area (Å²) in [7, 11) is 1.54. The summed E-state index contributed by atoms with van der Waals surface area (Å²) in [5, 5.41) is 3.61. The van der Waals surface area contributed by atoms with Crippen LogP contribution in [0, 0.1) is 0 Å². The minimum absolute atomic E-state index is 0.0235. The average Bonchev–Trinajstić information content (AvgIpc) is 2.90. The SMILES string of the molecule is CCN(CCCCCOc1ccc2c(=O)c3ccccc3oc2c1)Cc1cccc(OC(=O)NC)c1. The van der Waals surface area contributed by atoms with E-state index in [9.17, 15) is 9.59 Å². The van der Waals surface area contributed by atoms with Crippen LogP contribution in [0.3, 0.4) is 0 Å². The van der Waals surface area contributed by atoms with E-state index in [-0.39, 0.29) is 5.43 Å². The molecule has 36 heavy (non-hydrogen) atoms. The van der Waals surface area contributed by atoms with Gasteiger partial charge in [0.2, 0.25) is 5.43 Å². The van der Waals surface area contributed by atoms with E-state index in [0.717, 1.165) is 44.5 Å². The van der Waals surface area contributed by atoms with Crippen LogP contribution in [0.2, 0.25) is 0 Å². The summed E-state index contributed by atoms with van der Waals surface area (Å²) < 4.78 is 17.1. The summed E-state index contributed by atoms with van der Waals surface area (Å²) in [6.07, 6.45) is 2.57. The average molecular weight is 489 g/mol. The van der Waals surface area contributed by atoms with Crippen molar-refractivity contribution in [1.82, 2.24) is 10.2 Å². The van der Waals surface area contributed by atoms with Crippen LogP contribution in [-0.2, 0) is 6.54 Å². The van der Waals surface area contributed by atoms with Crippen molar-refractivity contribution in [1.29, 1.82) is 0 Å². The Morgan fingerprint density at radius 3 is 2.58 bits per heavy atom. The second kappa shape index (κ2) is 12.2. The molecule has 7 heteroatoms. The highest BCUT2D eigenvalue weighted by Crippen LogP contribution is 2.23. The lowest BCUT2D eigenvalue weighted by atomic mass is 10.1. The van der Waals surface area contributed by atoms with E-state index < -0.39 is 6.09 Å². The highest BCUT2D eigenvalue weighted by atomic mass is 16.6. The van der Waals surface area contributed by atoms with E-state index in [1.807, 2.05) is 36.4 Å². The summed E-state index contributed by atoms with van der Waals surface area (Å²) in [6, 6.07) is 20.3. The Labute approximate surface area is 210 Å². The Kier molecular flexibility index (Phi) is 8.57. The molecule has 0 bridgehead atoms. The molecule has 0 aliphatic carbocycles. The molecule has 0 atom stereocenters. The van der Waals surface area contributed by atoms with Crippen molar-refractivity contribution in [3.05, 3.63) is 82.5 Å². The van der Waals surface area contributed by atoms with Gasteiger partial charge in [0, 0.05) is 19.7 Å². The molecule has 0 fully saturated rings. The van der Waals surface area contributed by atoms with E-state index in [1.54, 1.807) is 37.4 Å². The standard InChI is InChI=1S/C29H32N2O5/c1-3-31(20-21-10-9-11-23(18-21)35-29(33)30-2)16-7-4-8-17-34-22-14-15-25-27(19-22)36-26-13-6-5-12-24(26)28(25)32/h5-6,9-15,18-19H,3-4,7-8,16-17,20H2,1-2H3,(H,30,33). The lowest BCUT2D eigenvalue weighted by Crippen LogP contribution is -2.24. The van der Waals surface area contributed by atoms with Crippen molar-refractivity contribution >= 4 is 28.0 Å². The van der Waals surface area contributed by atoms with Gasteiger partial charge in [-0.1, -0.05) is 31.2 Å². The largest absolute Gasteiger partial charge is 0.493 e. The zero-order valence-electron chi connectivity index (χ0n) is 20.8. The van der Waals surface area contributed by atoms with Gasteiger partial charge in [-0.2, -0.15) is 0 Å². The summed E-state index contributed by atoms with van der Waals surface area (Å²) in [5.41, 5.74) is 2.21. The molecular formula is C29H32N2O5. The number of amides is 1. The number of unbranched alkanes of at least 4 members (excludes halogenated alkanes) is 2. The molecule has 0 radical (unpaired) electrons. The Balaban J connectivity index is 1.23. The number of hydrogen-bond acceptors (Lipinski definition) is 6. The fraction of sp³-hybridized carbons (Fsp3) is 0.310. The summed E-state index contributed by atoms with van der Waals surface area (Å²) in [6.45, 7) is 5.47. The van der Waals surface area contributed by atoms with Crippen molar-refractivity contribution in [2.75, 3.05) is 26.7 Å². The molecule has 1 N–H and O–H groups in total. The first-order chi connectivity index (χ1) is 17.6. The van der Waals surface area contributed by atoms with Gasteiger partial charge in [-0.15, -0.1) is 0 Å². The van der Waals surface area contributed by atoms with Gasteiger partial charge in [-0.25, -0.2) is 4.79 Å². The number of ether oxygens (including phenoxy) is 2. The Bertz CT molecular complexity index is 1380. The van der Waals surface area contributed by atoms with Gasteiger partial charge in [0.15, 0.2) is 0 Å². The molecule has 188 valence electrons. The number of nitrogens with one attached hydrogen (secondary N) is 1. The summed E-state index contributed by atoms with van der Waals surface area (Å²) >= 11 is 0. The number of carbonyl (C=O) groups excluding carboxylic acids is 1. The number of benzene rings is 3. The molecule has 0 saturated carbocycles. The van der Waals surface area contributed by atoms with Gasteiger partial charge < -0.3 is 19.2 Å². The number of rotatable bonds is 11. The van der Waals surface area contributed by atoms with Crippen molar-refractivity contribution < 1.29 is 18.7 Å². The smallest absolute Gasteiger partial charge is 0.412 e. The quantitative estimate of drug-likeness (QED) is 0.214. The third-order valence-electron chi connectivity index (χ3n) is 6.10. The third-order valence-corrected chi connectivity index (χ3v) is 6.10. The van der Waals surface area contributed by atoms with Crippen molar-refractivity contribution in [3.63, 3.8) is 0 Å². The van der Waals surface area contributed by atoms with Gasteiger partial charge in [0.05, 0.1) is 17.4 Å². The number of nitrogens with zero attached hydrogens (tertiary/aromatic N) is 1. The lowest BCUT2D eigenvalue weighted by molar-refractivity contribution is 0.203. The minimum atomic E-state index is -0.469. The Morgan fingerprint density at radius 2 is 1.75 bits per heavy atom. The van der Waals surface area contributed by atoms with E-state index in [2.05, 4.69) is 17.1 Å². The summed E-state index contributed by atoms with van der Waals surface area (Å²) in [4.78, 5) is 26.5. The Morgan fingerprint density at radius 1 is 0.917 bits per heavy atom. The Hall–Kier alpha value is -3.84. The molecule has 4 aromatic rings. The lowest BCUT2D eigenvalue weighted by Gasteiger charge is -2.20. The van der Waals surface area contributed by atoms with Crippen LogP contribution >= 0.6 is 0 Å². The van der Waals surface area contributed by atoms with Gasteiger partial charge in [0.1, 0.15) is 22.7 Å². The molecule has 0 aliphatic heterocycles. The van der Waals surface area contributed by atoms with Gasteiger partial charge in [0.25, 0.3) is 0 Å². The monoisotopic (exact) mass is 488 g/mol. The number of carbonyl (C=O) groups is 1. The second-order valence-corrected chi connectivity index (χ2v) is 8.65. The normalized spacial score (nSPS) is 11.2. The minimum Gasteiger partial charge on any atom is -0.493 e. The molecule has 0 saturated heterocycles. The number of hydrogen-bond donors (Lipinski definition) is 1. The van der Waals surface area contributed by atoms with E-state index in [4.69, 9.17) is 13.9 Å². The molecule has 1 aromatic heterocycles. The maximum absolute atomic E-state index is 12.7. The van der Waals surface area contributed by atoms with Gasteiger partial charge >= 0.3 is 6.09 Å². The van der Waals surface area contributed by atoms with Crippen LogP contribution in [0.4, 0.5) is 4.79 Å². The molecule has 4 rings (SSSR count). The predicted molar refractivity (Wildman–Crippen MR) is 142 cm³/mol. The van der Waals surface area contributed by atoms with Crippen LogP contribution < -0.4 is 20.2 Å². The topological polar surface area (TPSA) is 81.0 Å². The summed E-state index contributed by atoms with van der Waals surface area (Å²) in [5.74, 6) is 1.25. The maximum Gasteiger partial charge on any atom is 0.412 e. The van der Waals surface area contributed by atoms with Crippen LogP contribution in [0.5, 0.6) is 11.5 Å². The van der Waals surface area contributed by atoms with Crippen LogP contribution in [0.25, 0.3) is 21.9 Å². The first kappa shape index (κ1) is 25.3. The second-order valence-electron chi connectivity index (χ2n) is 8.65. The molecule has 3 aromatic carbocycles. The van der Waals surface area contributed by atoms with Crippen molar-refractivity contribution in [3.8, 4) is 11.5 Å². The third kappa shape index (κ3) is 6.43. The number of para-hydroxylation sites is 1. The van der Waals surface area contributed by atoms with Gasteiger partial charge in [-0.05, 0) is 74.3 Å². The predicted octanol–water partition coefficient (Wildman–Crippen LogP) is 5.74. The molecule has 7 nitrogen and oxygen atoms in total. The van der Waals surface area contributed by atoms with E-state index in [0.29, 0.717) is 40.0 Å². The fourth-order valence-electron chi connectivity index (χ4n) is 4.15. The van der Waals surface area contributed by atoms with E-state index in [1.165, 1.54) is 0 Å². The molecule has 1 amide bonds. The van der Waals surface area contributed by atoms with Crippen LogP contribution in [0.1, 0.15) is 31.7 Å². The zero-order chi connectivity index (χ0) is 25.3. The molecule has 1 heterocycles. The number of fused-ring (bicyclic) bond motifs is 2. The molecule has 0 unspecified atom stereocenters. The zero-order valence-corrected chi connectivity index (χ0v) is 20.8. The first-order valence-corrected chi connectivity index (χ1v) is 12.4. The molecular weight excluding hydrogens is 456 g/mol. The first-order valence-electron chi connectivity index (χ1n) is 12.4. The highest BCUT2D eigenvalue weighted by Gasteiger charge is 2.09. The maximum atomic E-state index is 12.7. The van der Waals surface area contributed by atoms with Crippen LogP contribution in [-0.4, -0.2) is 37.7 Å². The van der Waals surface area contributed by atoms with E-state index >= 15 is 0 Å². The van der Waals surface area contributed by atoms with Crippen LogP contribution in [0.15, 0.2) is 75.9 Å². The van der Waals surface area contributed by atoms with Gasteiger partial charge in [-0.3, -0.25) is 9.69 Å². The fourth-order valence-corrected chi connectivity index (χ4v) is 4.15.